The van der Waals surface area contributed by atoms with Crippen molar-refractivity contribution in [3.8, 4) is 12.3 Å². The summed E-state index contributed by atoms with van der Waals surface area (Å²) in [5.74, 6) is -2.85. The van der Waals surface area contributed by atoms with Gasteiger partial charge in [0.1, 0.15) is 30.3 Å². The van der Waals surface area contributed by atoms with E-state index in [1.54, 1.807) is 34.6 Å². The number of carbonyl (C=O) groups is 6. The summed E-state index contributed by atoms with van der Waals surface area (Å²) in [6.07, 6.45) is 5.92. The standard InChI is InChI=1S/C41H60N4O8/c1-11-13-15-22-31-28(8)36(46)42-33(25(3)4)39(49)44(10)35(27(7)12-2)41(51)53-32(24-29-19-16-14-17-20-29)38(48)45-23-18-21-30(45)37(47)43(9)34(26(5)6)40(50)52-31/h1,14,16-17,19-20,25-28,30-35H,12-13,15,18,21-24H2,2-10H3,(H,42,46)/t27-,28-,30-,31-,32-,33-,34-,35-/m0/s1. The number of hydrogen-bond acceptors (Lipinski definition) is 8. The van der Waals surface area contributed by atoms with Crippen LogP contribution in [0.3, 0.4) is 0 Å². The van der Waals surface area contributed by atoms with Crippen LogP contribution in [-0.2, 0) is 44.7 Å². The second-order valence-electron chi connectivity index (χ2n) is 15.3. The number of nitrogens with one attached hydrogen (secondary N) is 1. The predicted octanol–water partition coefficient (Wildman–Crippen LogP) is 3.99. The van der Waals surface area contributed by atoms with Gasteiger partial charge in [-0.3, -0.25) is 19.2 Å². The Morgan fingerprint density at radius 2 is 1.49 bits per heavy atom. The first-order valence-corrected chi connectivity index (χ1v) is 19.1. The second-order valence-corrected chi connectivity index (χ2v) is 15.3. The first kappa shape index (κ1) is 43.0. The third-order valence-electron chi connectivity index (χ3n) is 10.7. The number of benzene rings is 1. The first-order chi connectivity index (χ1) is 25.0. The van der Waals surface area contributed by atoms with Crippen LogP contribution < -0.4 is 5.32 Å². The van der Waals surface area contributed by atoms with Crippen molar-refractivity contribution in [1.29, 1.82) is 0 Å². The average molecular weight is 737 g/mol. The molecule has 292 valence electrons. The summed E-state index contributed by atoms with van der Waals surface area (Å²) in [5.41, 5.74) is 0.747. The normalized spacial score (nSPS) is 27.7. The molecule has 0 aliphatic carbocycles. The van der Waals surface area contributed by atoms with Crippen LogP contribution >= 0.6 is 0 Å². The van der Waals surface area contributed by atoms with Crippen molar-refractivity contribution in [3.05, 3.63) is 35.9 Å². The molecule has 0 saturated carbocycles. The average Bonchev–Trinajstić information content (AvgIpc) is 3.61. The van der Waals surface area contributed by atoms with E-state index in [0.29, 0.717) is 32.1 Å². The Bertz CT molecular complexity index is 1490. The summed E-state index contributed by atoms with van der Waals surface area (Å²) in [6, 6.07) is 5.10. The van der Waals surface area contributed by atoms with Crippen LogP contribution in [0.25, 0.3) is 0 Å². The molecule has 2 aliphatic heterocycles. The molecule has 8 atom stereocenters. The van der Waals surface area contributed by atoms with Gasteiger partial charge >= 0.3 is 11.9 Å². The molecule has 53 heavy (non-hydrogen) atoms. The van der Waals surface area contributed by atoms with E-state index in [2.05, 4.69) is 11.2 Å². The number of ether oxygens (including phenoxy) is 2. The van der Waals surface area contributed by atoms with Crippen molar-refractivity contribution < 1.29 is 38.2 Å². The molecule has 1 aromatic carbocycles. The third kappa shape index (κ3) is 10.6. The molecule has 2 aliphatic rings. The maximum absolute atomic E-state index is 14.5. The van der Waals surface area contributed by atoms with Crippen molar-refractivity contribution in [2.75, 3.05) is 20.6 Å². The highest BCUT2D eigenvalue weighted by atomic mass is 16.6. The summed E-state index contributed by atoms with van der Waals surface area (Å²) < 4.78 is 12.2. The largest absolute Gasteiger partial charge is 0.460 e. The highest BCUT2D eigenvalue weighted by Crippen LogP contribution is 2.27. The molecule has 2 saturated heterocycles. The number of carbonyl (C=O) groups excluding carboxylic acids is 6. The number of cyclic esters (lactones) is 2. The van der Waals surface area contributed by atoms with Crippen LogP contribution in [0.1, 0.15) is 92.6 Å². The van der Waals surface area contributed by atoms with E-state index in [1.807, 2.05) is 44.2 Å². The zero-order valence-electron chi connectivity index (χ0n) is 33.0. The van der Waals surface area contributed by atoms with E-state index in [-0.39, 0.29) is 37.1 Å². The number of terminal acetylenes is 1. The van der Waals surface area contributed by atoms with Crippen molar-refractivity contribution in [2.45, 2.75) is 130 Å². The number of nitrogens with zero attached hydrogens (tertiary/aromatic N) is 3. The van der Waals surface area contributed by atoms with E-state index >= 15 is 0 Å². The fourth-order valence-corrected chi connectivity index (χ4v) is 7.29. The topological polar surface area (TPSA) is 143 Å². The summed E-state index contributed by atoms with van der Waals surface area (Å²) >= 11 is 0. The van der Waals surface area contributed by atoms with Crippen LogP contribution in [0.15, 0.2) is 30.3 Å². The van der Waals surface area contributed by atoms with Crippen LogP contribution in [0.5, 0.6) is 0 Å². The molecule has 0 radical (unpaired) electrons. The number of hydrogen-bond donors (Lipinski definition) is 1. The van der Waals surface area contributed by atoms with Gasteiger partial charge in [-0.15, -0.1) is 12.3 Å². The minimum atomic E-state index is -1.29. The van der Waals surface area contributed by atoms with Crippen LogP contribution in [0.4, 0.5) is 0 Å². The number of fused-ring (bicyclic) bond motifs is 1. The Hall–Kier alpha value is -4.40. The second kappa shape index (κ2) is 19.6. The monoisotopic (exact) mass is 736 g/mol. The van der Waals surface area contributed by atoms with Crippen molar-refractivity contribution in [2.24, 2.45) is 23.7 Å². The highest BCUT2D eigenvalue weighted by Gasteiger charge is 2.45. The summed E-state index contributed by atoms with van der Waals surface area (Å²) in [6.45, 7) is 12.8. The highest BCUT2D eigenvalue weighted by molar-refractivity contribution is 5.95. The van der Waals surface area contributed by atoms with E-state index in [4.69, 9.17) is 15.9 Å². The van der Waals surface area contributed by atoms with Gasteiger partial charge in [0.2, 0.25) is 17.7 Å². The van der Waals surface area contributed by atoms with E-state index < -0.39 is 77.9 Å². The smallest absolute Gasteiger partial charge is 0.329 e. The Labute approximate surface area is 315 Å². The molecule has 0 bridgehead atoms. The van der Waals surface area contributed by atoms with Gasteiger partial charge in [0.25, 0.3) is 5.91 Å². The number of likely N-dealkylation sites (N-methyl/N-ethyl adjacent to an activating group) is 2. The quantitative estimate of drug-likeness (QED) is 0.228. The maximum atomic E-state index is 14.5. The molecule has 0 unspecified atom stereocenters. The van der Waals surface area contributed by atoms with E-state index in [1.165, 1.54) is 28.8 Å². The lowest BCUT2D eigenvalue weighted by Gasteiger charge is -2.36. The molecule has 1 aromatic rings. The zero-order chi connectivity index (χ0) is 39.6. The van der Waals surface area contributed by atoms with Gasteiger partial charge in [0.15, 0.2) is 6.10 Å². The molecular formula is C41H60N4O8. The van der Waals surface area contributed by atoms with Gasteiger partial charge < -0.3 is 29.5 Å². The molecule has 0 spiro atoms. The molecular weight excluding hydrogens is 676 g/mol. The number of rotatable bonds is 9. The van der Waals surface area contributed by atoms with Crippen LogP contribution in [-0.4, -0.2) is 107 Å². The van der Waals surface area contributed by atoms with Gasteiger partial charge in [-0.25, -0.2) is 9.59 Å². The summed E-state index contributed by atoms with van der Waals surface area (Å²) in [4.78, 5) is 89.2. The minimum Gasteiger partial charge on any atom is -0.460 e. The van der Waals surface area contributed by atoms with Gasteiger partial charge in [-0.2, -0.15) is 0 Å². The van der Waals surface area contributed by atoms with Gasteiger partial charge in [-0.05, 0) is 49.0 Å². The SMILES string of the molecule is C#CCCC[C@@H]1OC(=O)[C@H](C(C)C)N(C)C(=O)[C@@H]2CCCN2C(=O)[C@H](Cc2ccccc2)OC(=O)[C@H]([C@@H](C)CC)N(C)C(=O)[C@H](C(C)C)NC(=O)[C@H]1C. The lowest BCUT2D eigenvalue weighted by Crippen LogP contribution is -2.58. The molecule has 0 aromatic heterocycles. The Morgan fingerprint density at radius 1 is 0.868 bits per heavy atom. The number of esters is 2. The maximum Gasteiger partial charge on any atom is 0.329 e. The van der Waals surface area contributed by atoms with E-state index in [9.17, 15) is 28.8 Å². The summed E-state index contributed by atoms with van der Waals surface area (Å²) in [5, 5.41) is 2.87. The fourth-order valence-electron chi connectivity index (χ4n) is 7.29. The Morgan fingerprint density at radius 3 is 2.08 bits per heavy atom. The molecule has 1 N–H and O–H groups in total. The van der Waals surface area contributed by atoms with Crippen LogP contribution in [0.2, 0.25) is 0 Å². The number of amides is 4. The predicted molar refractivity (Wildman–Crippen MR) is 201 cm³/mol. The molecule has 4 amide bonds. The fraction of sp³-hybridized carbons (Fsp3) is 0.659. The first-order valence-electron chi connectivity index (χ1n) is 19.1. The van der Waals surface area contributed by atoms with Crippen LogP contribution in [0, 0.1) is 36.0 Å². The third-order valence-corrected chi connectivity index (χ3v) is 10.7. The molecule has 12 heteroatoms. The van der Waals surface area contributed by atoms with Gasteiger partial charge in [0, 0.05) is 33.5 Å². The molecule has 3 rings (SSSR count). The van der Waals surface area contributed by atoms with E-state index in [0.717, 1.165) is 5.56 Å². The van der Waals surface area contributed by atoms with Gasteiger partial charge in [-0.1, -0.05) is 85.2 Å². The number of unbranched alkanes of at least 4 members (excludes halogenated alkanes) is 1. The van der Waals surface area contributed by atoms with Crippen molar-refractivity contribution in [1.82, 2.24) is 20.0 Å². The molecule has 2 fully saturated rings. The Balaban J connectivity index is 2.19. The minimum absolute atomic E-state index is 0.0497. The lowest BCUT2D eigenvalue weighted by molar-refractivity contribution is -0.170. The van der Waals surface area contributed by atoms with Crippen molar-refractivity contribution >= 4 is 35.6 Å². The summed E-state index contributed by atoms with van der Waals surface area (Å²) in [7, 11) is 3.03. The zero-order valence-corrected chi connectivity index (χ0v) is 33.0. The Kier molecular flexibility index (Phi) is 15.9. The van der Waals surface area contributed by atoms with Gasteiger partial charge in [0.05, 0.1) is 5.92 Å². The van der Waals surface area contributed by atoms with Crippen molar-refractivity contribution in [3.63, 3.8) is 0 Å². The molecule has 12 nitrogen and oxygen atoms in total. The lowest BCUT2D eigenvalue weighted by atomic mass is 9.94. The molecule has 2 heterocycles.